The van der Waals surface area contributed by atoms with Gasteiger partial charge in [0.25, 0.3) is 0 Å². The quantitative estimate of drug-likeness (QED) is 0.356. The van der Waals surface area contributed by atoms with Crippen LogP contribution in [0.3, 0.4) is 0 Å². The molecule has 0 aliphatic carbocycles. The van der Waals surface area contributed by atoms with E-state index in [4.69, 9.17) is 4.74 Å². The Morgan fingerprint density at radius 1 is 1.27 bits per heavy atom. The van der Waals surface area contributed by atoms with Gasteiger partial charge >= 0.3 is 6.09 Å². The number of halogens is 1. The van der Waals surface area contributed by atoms with Gasteiger partial charge in [0.1, 0.15) is 5.60 Å². The number of nitrogens with zero attached hydrogens (tertiary/aromatic N) is 4. The number of likely N-dealkylation sites (tertiary alicyclic amines) is 1. The summed E-state index contributed by atoms with van der Waals surface area (Å²) in [6.45, 7) is 7.61. The van der Waals surface area contributed by atoms with Crippen LogP contribution in [0.1, 0.15) is 26.3 Å². The molecule has 0 atom stereocenters. The molecule has 0 radical (unpaired) electrons. The van der Waals surface area contributed by atoms with Crippen molar-refractivity contribution < 1.29 is 9.53 Å². The van der Waals surface area contributed by atoms with Crippen LogP contribution in [0, 0.1) is 0 Å². The van der Waals surface area contributed by atoms with Crippen molar-refractivity contribution in [3.05, 3.63) is 48.3 Å². The highest BCUT2D eigenvalue weighted by Gasteiger charge is 2.34. The van der Waals surface area contributed by atoms with Crippen molar-refractivity contribution in [1.29, 1.82) is 0 Å². The highest BCUT2D eigenvalue weighted by atomic mass is 127. The van der Waals surface area contributed by atoms with E-state index >= 15 is 0 Å². The Kier molecular flexibility index (Phi) is 8.51. The summed E-state index contributed by atoms with van der Waals surface area (Å²) in [5.41, 5.74) is 1.82. The maximum atomic E-state index is 12.0. The van der Waals surface area contributed by atoms with Gasteiger partial charge in [-0.25, -0.2) is 9.48 Å². The zero-order valence-electron chi connectivity index (χ0n) is 18.0. The standard InChI is InChI=1S/C21H30N6O2.HI/c1-21(2,3)29-20(28)26-14-17(15-26)25-19(22-4)23-12-10-16-6-8-18(9-7-16)27-13-5-11-24-27;/h5-9,11,13,17H,10,12,14-15H2,1-4H3,(H2,22,23,25);1H. The first kappa shape index (κ1) is 24.0. The van der Waals surface area contributed by atoms with Crippen LogP contribution < -0.4 is 10.6 Å². The molecule has 1 fully saturated rings. The van der Waals surface area contributed by atoms with Gasteiger partial charge in [-0.1, -0.05) is 12.1 Å². The zero-order valence-corrected chi connectivity index (χ0v) is 20.3. The van der Waals surface area contributed by atoms with Crippen LogP contribution in [0.4, 0.5) is 4.79 Å². The number of rotatable bonds is 5. The fourth-order valence-corrected chi connectivity index (χ4v) is 3.00. The summed E-state index contributed by atoms with van der Waals surface area (Å²) in [6, 6.07) is 10.4. The average Bonchev–Trinajstić information content (AvgIpc) is 3.16. The van der Waals surface area contributed by atoms with E-state index in [0.29, 0.717) is 13.1 Å². The number of carbonyl (C=O) groups excluding carboxylic acids is 1. The third-order valence-electron chi connectivity index (χ3n) is 4.51. The Labute approximate surface area is 195 Å². The molecule has 2 heterocycles. The van der Waals surface area contributed by atoms with Gasteiger partial charge in [-0.15, -0.1) is 24.0 Å². The lowest BCUT2D eigenvalue weighted by molar-refractivity contribution is 0.00701. The first-order chi connectivity index (χ1) is 13.8. The molecule has 0 unspecified atom stereocenters. The summed E-state index contributed by atoms with van der Waals surface area (Å²) in [5, 5.41) is 10.9. The van der Waals surface area contributed by atoms with E-state index in [0.717, 1.165) is 24.6 Å². The molecule has 2 aromatic rings. The van der Waals surface area contributed by atoms with E-state index in [-0.39, 0.29) is 36.1 Å². The molecule has 1 aliphatic rings. The lowest BCUT2D eigenvalue weighted by Gasteiger charge is -2.40. The van der Waals surface area contributed by atoms with Gasteiger partial charge in [-0.3, -0.25) is 4.99 Å². The molecular weight excluding hydrogens is 495 g/mol. The second-order valence-electron chi connectivity index (χ2n) is 8.09. The highest BCUT2D eigenvalue weighted by molar-refractivity contribution is 14.0. The van der Waals surface area contributed by atoms with Crippen molar-refractivity contribution in [2.24, 2.45) is 4.99 Å². The van der Waals surface area contributed by atoms with Crippen molar-refractivity contribution in [3.63, 3.8) is 0 Å². The van der Waals surface area contributed by atoms with E-state index in [1.165, 1.54) is 5.56 Å². The minimum Gasteiger partial charge on any atom is -0.444 e. The molecule has 1 saturated heterocycles. The van der Waals surface area contributed by atoms with Crippen LogP contribution in [0.5, 0.6) is 0 Å². The number of carbonyl (C=O) groups is 1. The molecule has 1 aromatic carbocycles. The molecule has 2 N–H and O–H groups in total. The largest absolute Gasteiger partial charge is 0.444 e. The number of ether oxygens (including phenoxy) is 1. The molecule has 30 heavy (non-hydrogen) atoms. The summed E-state index contributed by atoms with van der Waals surface area (Å²) in [4.78, 5) is 18.0. The first-order valence-electron chi connectivity index (χ1n) is 9.88. The highest BCUT2D eigenvalue weighted by Crippen LogP contribution is 2.15. The van der Waals surface area contributed by atoms with E-state index in [2.05, 4.69) is 45.0 Å². The molecule has 3 rings (SSSR count). The number of aromatic nitrogens is 2. The molecule has 164 valence electrons. The summed E-state index contributed by atoms with van der Waals surface area (Å²) >= 11 is 0. The van der Waals surface area contributed by atoms with Gasteiger partial charge in [-0.05, 0) is 51.0 Å². The smallest absolute Gasteiger partial charge is 0.410 e. The fraction of sp³-hybridized carbons (Fsp3) is 0.476. The number of nitrogens with one attached hydrogen (secondary N) is 2. The van der Waals surface area contributed by atoms with Crippen molar-refractivity contribution in [2.75, 3.05) is 26.7 Å². The second kappa shape index (κ2) is 10.6. The SMILES string of the molecule is CN=C(NCCc1ccc(-n2cccn2)cc1)NC1CN(C(=O)OC(C)(C)C)C1.I. The van der Waals surface area contributed by atoms with Crippen LogP contribution in [0.25, 0.3) is 5.69 Å². The number of hydrogen-bond donors (Lipinski definition) is 2. The van der Waals surface area contributed by atoms with Crippen LogP contribution in [0.2, 0.25) is 0 Å². The number of hydrogen-bond acceptors (Lipinski definition) is 4. The molecule has 0 spiro atoms. The lowest BCUT2D eigenvalue weighted by atomic mass is 10.1. The zero-order chi connectivity index (χ0) is 20.9. The predicted octanol–water partition coefficient (Wildman–Crippen LogP) is 2.82. The Morgan fingerprint density at radius 3 is 2.53 bits per heavy atom. The number of amides is 1. The van der Waals surface area contributed by atoms with Crippen LogP contribution >= 0.6 is 24.0 Å². The van der Waals surface area contributed by atoms with Crippen LogP contribution in [0.15, 0.2) is 47.7 Å². The molecule has 8 nitrogen and oxygen atoms in total. The molecule has 1 aromatic heterocycles. The molecule has 1 aliphatic heterocycles. The van der Waals surface area contributed by atoms with Crippen molar-refractivity contribution in [1.82, 2.24) is 25.3 Å². The van der Waals surface area contributed by atoms with Gasteiger partial charge in [-0.2, -0.15) is 5.10 Å². The molecular formula is C21H31IN6O2. The van der Waals surface area contributed by atoms with Crippen molar-refractivity contribution in [2.45, 2.75) is 38.8 Å². The third-order valence-corrected chi connectivity index (χ3v) is 4.51. The van der Waals surface area contributed by atoms with Crippen LogP contribution in [-0.4, -0.2) is 65.1 Å². The van der Waals surface area contributed by atoms with E-state index < -0.39 is 5.60 Å². The summed E-state index contributed by atoms with van der Waals surface area (Å²) in [5.74, 6) is 0.743. The predicted molar refractivity (Wildman–Crippen MR) is 129 cm³/mol. The van der Waals surface area contributed by atoms with Crippen LogP contribution in [-0.2, 0) is 11.2 Å². The number of aliphatic imine (C=N–C) groups is 1. The van der Waals surface area contributed by atoms with Gasteiger partial charge in [0.2, 0.25) is 0 Å². The Balaban J connectivity index is 0.00000320. The van der Waals surface area contributed by atoms with E-state index in [1.807, 2.05) is 37.7 Å². The number of benzene rings is 1. The molecule has 9 heteroatoms. The molecule has 1 amide bonds. The minimum absolute atomic E-state index is 0. The second-order valence-corrected chi connectivity index (χ2v) is 8.09. The Morgan fingerprint density at radius 2 is 1.97 bits per heavy atom. The fourth-order valence-electron chi connectivity index (χ4n) is 3.00. The van der Waals surface area contributed by atoms with E-state index in [1.54, 1.807) is 18.1 Å². The van der Waals surface area contributed by atoms with Crippen molar-refractivity contribution >= 4 is 36.0 Å². The summed E-state index contributed by atoms with van der Waals surface area (Å²) < 4.78 is 7.22. The monoisotopic (exact) mass is 526 g/mol. The van der Waals surface area contributed by atoms with Gasteiger partial charge in [0.15, 0.2) is 5.96 Å². The minimum atomic E-state index is -0.468. The van der Waals surface area contributed by atoms with Crippen molar-refractivity contribution in [3.8, 4) is 5.69 Å². The third kappa shape index (κ3) is 6.89. The maximum absolute atomic E-state index is 12.0. The first-order valence-corrected chi connectivity index (χ1v) is 9.88. The Bertz CT molecular complexity index is 824. The van der Waals surface area contributed by atoms with Gasteiger partial charge < -0.3 is 20.3 Å². The average molecular weight is 526 g/mol. The van der Waals surface area contributed by atoms with E-state index in [9.17, 15) is 4.79 Å². The molecule has 0 saturated carbocycles. The summed E-state index contributed by atoms with van der Waals surface area (Å²) in [6.07, 6.45) is 4.31. The Hall–Kier alpha value is -2.30. The lowest BCUT2D eigenvalue weighted by Crippen LogP contribution is -2.63. The molecule has 0 bridgehead atoms. The number of guanidine groups is 1. The maximum Gasteiger partial charge on any atom is 0.410 e. The summed E-state index contributed by atoms with van der Waals surface area (Å²) in [7, 11) is 1.75. The topological polar surface area (TPSA) is 83.8 Å². The van der Waals surface area contributed by atoms with Gasteiger partial charge in [0.05, 0.1) is 11.7 Å². The normalized spacial score (nSPS) is 14.5. The van der Waals surface area contributed by atoms with Gasteiger partial charge in [0, 0.05) is 39.1 Å².